The summed E-state index contributed by atoms with van der Waals surface area (Å²) in [5.41, 5.74) is 2.18. The van der Waals surface area contributed by atoms with Crippen LogP contribution in [0.3, 0.4) is 0 Å². The van der Waals surface area contributed by atoms with Crippen molar-refractivity contribution in [3.8, 4) is 0 Å². The molecule has 0 bridgehead atoms. The van der Waals surface area contributed by atoms with E-state index in [1.165, 1.54) is 5.56 Å². The highest BCUT2D eigenvalue weighted by atomic mass is 16.3. The average molecular weight is 284 g/mol. The molecule has 0 fully saturated rings. The minimum Gasteiger partial charge on any atom is -0.387 e. The van der Waals surface area contributed by atoms with Gasteiger partial charge < -0.3 is 5.11 Å². The molecule has 0 aliphatic rings. The van der Waals surface area contributed by atoms with E-state index < -0.39 is 6.10 Å². The minimum atomic E-state index is -0.488. The lowest BCUT2D eigenvalue weighted by molar-refractivity contribution is 0.0325. The van der Waals surface area contributed by atoms with E-state index in [2.05, 4.69) is 30.8 Å². The molecular weight excluding hydrogens is 260 g/mol. The standard InChI is InChI=1S/C18H24N2O/c1-14(2)17(18(21)16-7-5-4-6-8-16)20(3)13-15-9-11-19-12-10-15/h4-12,14,17-18,21H,13H2,1-3H3. The van der Waals surface area contributed by atoms with Crippen LogP contribution in [-0.2, 0) is 6.54 Å². The molecule has 112 valence electrons. The molecule has 3 heteroatoms. The lowest BCUT2D eigenvalue weighted by Gasteiger charge is -2.35. The maximum Gasteiger partial charge on any atom is 0.0947 e. The van der Waals surface area contributed by atoms with Crippen molar-refractivity contribution in [1.29, 1.82) is 0 Å². The van der Waals surface area contributed by atoms with Gasteiger partial charge in [-0.3, -0.25) is 9.88 Å². The molecule has 0 saturated carbocycles. The Labute approximate surface area is 127 Å². The van der Waals surface area contributed by atoms with Crippen molar-refractivity contribution in [1.82, 2.24) is 9.88 Å². The molecule has 1 N–H and O–H groups in total. The van der Waals surface area contributed by atoms with Crippen LogP contribution in [0.5, 0.6) is 0 Å². The Bertz CT molecular complexity index is 527. The maximum absolute atomic E-state index is 10.7. The summed E-state index contributed by atoms with van der Waals surface area (Å²) < 4.78 is 0. The number of benzene rings is 1. The fourth-order valence-corrected chi connectivity index (χ4v) is 2.84. The van der Waals surface area contributed by atoms with Crippen LogP contribution >= 0.6 is 0 Å². The van der Waals surface area contributed by atoms with Gasteiger partial charge in [0.25, 0.3) is 0 Å². The van der Waals surface area contributed by atoms with Gasteiger partial charge in [0.15, 0.2) is 0 Å². The van der Waals surface area contributed by atoms with Gasteiger partial charge in [-0.25, -0.2) is 0 Å². The highest BCUT2D eigenvalue weighted by Crippen LogP contribution is 2.26. The van der Waals surface area contributed by atoms with Crippen LogP contribution in [-0.4, -0.2) is 28.1 Å². The van der Waals surface area contributed by atoms with Gasteiger partial charge in [0.2, 0.25) is 0 Å². The smallest absolute Gasteiger partial charge is 0.0947 e. The summed E-state index contributed by atoms with van der Waals surface area (Å²) in [7, 11) is 2.07. The fraction of sp³-hybridized carbons (Fsp3) is 0.389. The molecule has 0 spiro atoms. The SMILES string of the molecule is CC(C)C(C(O)c1ccccc1)N(C)Cc1ccncc1. The first-order chi connectivity index (χ1) is 10.1. The molecule has 2 aromatic rings. The maximum atomic E-state index is 10.7. The largest absolute Gasteiger partial charge is 0.387 e. The first kappa shape index (κ1) is 15.7. The molecular formula is C18H24N2O. The molecule has 2 rings (SSSR count). The molecule has 2 unspecified atom stereocenters. The number of aliphatic hydroxyl groups is 1. The van der Waals surface area contributed by atoms with Crippen LogP contribution in [0.15, 0.2) is 54.9 Å². The summed E-state index contributed by atoms with van der Waals surface area (Å²) >= 11 is 0. The Morgan fingerprint density at radius 1 is 1.05 bits per heavy atom. The highest BCUT2D eigenvalue weighted by molar-refractivity contribution is 5.19. The van der Waals surface area contributed by atoms with Crippen molar-refractivity contribution in [3.05, 3.63) is 66.0 Å². The zero-order valence-corrected chi connectivity index (χ0v) is 13.0. The van der Waals surface area contributed by atoms with E-state index in [0.717, 1.165) is 12.1 Å². The number of nitrogens with zero attached hydrogens (tertiary/aromatic N) is 2. The molecule has 3 nitrogen and oxygen atoms in total. The third-order valence-corrected chi connectivity index (χ3v) is 3.84. The van der Waals surface area contributed by atoms with Crippen molar-refractivity contribution in [3.63, 3.8) is 0 Å². The molecule has 0 aliphatic carbocycles. The second-order valence-electron chi connectivity index (χ2n) is 5.86. The molecule has 21 heavy (non-hydrogen) atoms. The highest BCUT2D eigenvalue weighted by Gasteiger charge is 2.27. The van der Waals surface area contributed by atoms with Gasteiger partial charge in [-0.1, -0.05) is 44.2 Å². The van der Waals surface area contributed by atoms with E-state index in [-0.39, 0.29) is 6.04 Å². The van der Waals surface area contributed by atoms with Crippen LogP contribution in [0.25, 0.3) is 0 Å². The van der Waals surface area contributed by atoms with Gasteiger partial charge in [-0.2, -0.15) is 0 Å². The van der Waals surface area contributed by atoms with Crippen molar-refractivity contribution in [2.75, 3.05) is 7.05 Å². The van der Waals surface area contributed by atoms with Gasteiger partial charge in [0.1, 0.15) is 0 Å². The second kappa shape index (κ2) is 7.34. The number of aliphatic hydroxyl groups excluding tert-OH is 1. The van der Waals surface area contributed by atoms with E-state index in [4.69, 9.17) is 0 Å². The topological polar surface area (TPSA) is 36.4 Å². The molecule has 2 atom stereocenters. The molecule has 0 aliphatic heterocycles. The summed E-state index contributed by atoms with van der Waals surface area (Å²) in [4.78, 5) is 6.27. The molecule has 0 amide bonds. The zero-order chi connectivity index (χ0) is 15.2. The van der Waals surface area contributed by atoms with Crippen molar-refractivity contribution in [2.45, 2.75) is 32.5 Å². The molecule has 1 aromatic heterocycles. The quantitative estimate of drug-likeness (QED) is 0.884. The number of aromatic nitrogens is 1. The van der Waals surface area contributed by atoms with Gasteiger partial charge in [0, 0.05) is 25.0 Å². The van der Waals surface area contributed by atoms with Crippen molar-refractivity contribution in [2.24, 2.45) is 5.92 Å². The summed E-state index contributed by atoms with van der Waals surface area (Å²) in [6.45, 7) is 5.11. The lowest BCUT2D eigenvalue weighted by Crippen LogP contribution is -2.40. The van der Waals surface area contributed by atoms with E-state index in [0.29, 0.717) is 5.92 Å². The van der Waals surface area contributed by atoms with Crippen LogP contribution in [0.1, 0.15) is 31.1 Å². The summed E-state index contributed by atoms with van der Waals surface area (Å²) in [5.74, 6) is 0.354. The number of likely N-dealkylation sites (N-methyl/N-ethyl adjacent to an activating group) is 1. The Balaban J connectivity index is 2.15. The summed E-state index contributed by atoms with van der Waals surface area (Å²) in [6.07, 6.45) is 3.13. The first-order valence-corrected chi connectivity index (χ1v) is 7.41. The Kier molecular flexibility index (Phi) is 5.48. The van der Waals surface area contributed by atoms with Gasteiger partial charge in [-0.05, 0) is 36.2 Å². The fourth-order valence-electron chi connectivity index (χ4n) is 2.84. The number of hydrogen-bond donors (Lipinski definition) is 1. The van der Waals surface area contributed by atoms with Crippen LogP contribution in [0, 0.1) is 5.92 Å². The number of hydrogen-bond acceptors (Lipinski definition) is 3. The monoisotopic (exact) mass is 284 g/mol. The summed E-state index contributed by atoms with van der Waals surface area (Å²) in [5, 5.41) is 10.7. The second-order valence-corrected chi connectivity index (χ2v) is 5.86. The van der Waals surface area contributed by atoms with Crippen LogP contribution in [0.4, 0.5) is 0 Å². The predicted molar refractivity (Wildman–Crippen MR) is 85.7 cm³/mol. The summed E-state index contributed by atoms with van der Waals surface area (Å²) in [6, 6.07) is 14.0. The van der Waals surface area contributed by atoms with Crippen molar-refractivity contribution >= 4 is 0 Å². The average Bonchev–Trinajstić information content (AvgIpc) is 2.49. The van der Waals surface area contributed by atoms with Gasteiger partial charge in [-0.15, -0.1) is 0 Å². The Morgan fingerprint density at radius 2 is 1.67 bits per heavy atom. The Hall–Kier alpha value is -1.71. The Morgan fingerprint density at radius 3 is 2.24 bits per heavy atom. The van der Waals surface area contributed by atoms with Gasteiger partial charge >= 0.3 is 0 Å². The molecule has 1 heterocycles. The first-order valence-electron chi connectivity index (χ1n) is 7.41. The molecule has 0 radical (unpaired) electrons. The zero-order valence-electron chi connectivity index (χ0n) is 13.0. The molecule has 1 aromatic carbocycles. The third kappa shape index (κ3) is 4.13. The third-order valence-electron chi connectivity index (χ3n) is 3.84. The lowest BCUT2D eigenvalue weighted by atomic mass is 9.92. The molecule has 0 saturated heterocycles. The van der Waals surface area contributed by atoms with Crippen LogP contribution in [0.2, 0.25) is 0 Å². The van der Waals surface area contributed by atoms with E-state index in [9.17, 15) is 5.11 Å². The minimum absolute atomic E-state index is 0.0700. The normalized spacial score (nSPS) is 14.4. The van der Waals surface area contributed by atoms with Crippen molar-refractivity contribution < 1.29 is 5.11 Å². The van der Waals surface area contributed by atoms with E-state index in [1.807, 2.05) is 42.5 Å². The van der Waals surface area contributed by atoms with Gasteiger partial charge in [0.05, 0.1) is 6.10 Å². The predicted octanol–water partition coefficient (Wildman–Crippen LogP) is 3.27. The van der Waals surface area contributed by atoms with E-state index in [1.54, 1.807) is 12.4 Å². The van der Waals surface area contributed by atoms with Crippen LogP contribution < -0.4 is 0 Å². The van der Waals surface area contributed by atoms with E-state index >= 15 is 0 Å². The number of pyridine rings is 1. The number of rotatable bonds is 6.